The molecule has 0 aliphatic heterocycles. The van der Waals surface area contributed by atoms with Gasteiger partial charge in [0.05, 0.1) is 34.5 Å². The third kappa shape index (κ3) is 4.24. The van der Waals surface area contributed by atoms with Crippen molar-refractivity contribution in [1.82, 2.24) is 0 Å². The molecule has 1 aliphatic carbocycles. The summed E-state index contributed by atoms with van der Waals surface area (Å²) >= 11 is 0. The Morgan fingerprint density at radius 2 is 1.20 bits per heavy atom. The summed E-state index contributed by atoms with van der Waals surface area (Å²) in [6, 6.07) is -5.21. The molecule has 0 heterocycles. The minimum absolute atomic E-state index is 0.0673. The first-order valence-electron chi connectivity index (χ1n) is 24.1. The van der Waals surface area contributed by atoms with Crippen molar-refractivity contribution in [2.24, 2.45) is 0 Å². The molecule has 0 radical (unpaired) electrons. The second kappa shape index (κ2) is 10.4. The highest BCUT2D eigenvalue weighted by Gasteiger charge is 2.35. The minimum atomic E-state index is -1.25. The molecule has 0 saturated carbocycles. The van der Waals surface area contributed by atoms with Gasteiger partial charge in [0.2, 0.25) is 0 Å². The number of hydrogen-bond acceptors (Lipinski definition) is 1. The van der Waals surface area contributed by atoms with Crippen molar-refractivity contribution in [3.63, 3.8) is 0 Å². The Bertz CT molecular complexity index is 3240. The average molecular weight is 585 g/mol. The van der Waals surface area contributed by atoms with Gasteiger partial charge < -0.3 is 4.90 Å². The van der Waals surface area contributed by atoms with Gasteiger partial charge in [-0.25, -0.2) is 0 Å². The zero-order valence-electron chi connectivity index (χ0n) is 44.4. The van der Waals surface area contributed by atoms with Crippen molar-refractivity contribution in [1.29, 1.82) is 0 Å². The Kier molecular flexibility index (Phi) is 2.91. The quantitative estimate of drug-likeness (QED) is 0.194. The van der Waals surface area contributed by atoms with Gasteiger partial charge in [0, 0.05) is 22.4 Å². The van der Waals surface area contributed by atoms with E-state index in [4.69, 9.17) is 19.2 Å². The Morgan fingerprint density at radius 1 is 0.500 bits per heavy atom. The van der Waals surface area contributed by atoms with Crippen molar-refractivity contribution >= 4 is 27.8 Å². The molecule has 0 bridgehead atoms. The van der Waals surface area contributed by atoms with E-state index in [1.807, 2.05) is 0 Å². The van der Waals surface area contributed by atoms with Crippen LogP contribution in [0.5, 0.6) is 0 Å². The topological polar surface area (TPSA) is 3.24 Å². The van der Waals surface area contributed by atoms with Crippen LogP contribution in [-0.2, 0) is 5.41 Å². The molecule has 0 fully saturated rings. The van der Waals surface area contributed by atoms with E-state index in [2.05, 4.69) is 0 Å². The minimum Gasteiger partial charge on any atom is -0.310 e. The van der Waals surface area contributed by atoms with Crippen molar-refractivity contribution in [2.45, 2.75) is 19.3 Å². The van der Waals surface area contributed by atoms with Crippen LogP contribution in [0.25, 0.3) is 44.2 Å². The molecule has 7 aromatic rings. The number of rotatable bonds is 5. The van der Waals surface area contributed by atoms with Crippen LogP contribution in [0.15, 0.2) is 163 Å². The van der Waals surface area contributed by atoms with Gasteiger partial charge in [-0.2, -0.15) is 0 Å². The molecule has 1 nitrogen and oxygen atoms in total. The lowest BCUT2D eigenvalue weighted by Crippen LogP contribution is -2.24. The fourth-order valence-corrected chi connectivity index (χ4v) is 5.64. The van der Waals surface area contributed by atoms with Crippen molar-refractivity contribution in [2.75, 3.05) is 4.90 Å². The maximum atomic E-state index is 9.53. The molecule has 0 saturated heterocycles. The largest absolute Gasteiger partial charge is 0.310 e. The maximum Gasteiger partial charge on any atom is 0.0645 e. The first kappa shape index (κ1) is 12.3. The summed E-state index contributed by atoms with van der Waals surface area (Å²) < 4.78 is 185. The fourth-order valence-electron chi connectivity index (χ4n) is 5.64. The summed E-state index contributed by atoms with van der Waals surface area (Å²) in [6.07, 6.45) is 0. The summed E-state index contributed by atoms with van der Waals surface area (Å²) in [5, 5.41) is 0.0213. The fraction of sp³-hybridized carbons (Fsp3) is 0.0698. The summed E-state index contributed by atoms with van der Waals surface area (Å²) in [6.45, 7) is 3.40. The van der Waals surface area contributed by atoms with Crippen molar-refractivity contribution < 1.29 is 28.8 Å². The van der Waals surface area contributed by atoms with Crippen LogP contribution < -0.4 is 4.90 Å². The van der Waals surface area contributed by atoms with E-state index in [1.54, 1.807) is 13.8 Å². The van der Waals surface area contributed by atoms with Crippen LogP contribution in [0.1, 0.15) is 53.8 Å². The van der Waals surface area contributed by atoms with Gasteiger partial charge in [0.15, 0.2) is 0 Å². The number of benzene rings is 7. The van der Waals surface area contributed by atoms with Crippen LogP contribution in [0.4, 0.5) is 17.1 Å². The van der Waals surface area contributed by atoms with Crippen LogP contribution >= 0.6 is 0 Å². The lowest BCUT2D eigenvalue weighted by Gasteiger charge is -2.38. The first-order valence-corrected chi connectivity index (χ1v) is 13.6. The Balaban J connectivity index is 1.57. The number of nitrogens with zero attached hydrogens (tertiary/aromatic N) is 1. The highest BCUT2D eigenvalue weighted by atomic mass is 15.1. The Hall–Kier alpha value is -5.40. The second-order valence-corrected chi connectivity index (χ2v) is 10.6. The van der Waals surface area contributed by atoms with E-state index >= 15 is 0 Å². The predicted octanol–water partition coefficient (Wildman–Crippen LogP) is 11.9. The molecular formula is C43H33N. The van der Waals surface area contributed by atoms with Crippen molar-refractivity contribution in [3.8, 4) is 33.4 Å². The van der Waals surface area contributed by atoms with Gasteiger partial charge in [-0.1, -0.05) is 147 Å². The van der Waals surface area contributed by atoms with Crippen LogP contribution in [-0.4, -0.2) is 0 Å². The van der Waals surface area contributed by atoms with E-state index in [0.29, 0.717) is 0 Å². The predicted molar refractivity (Wildman–Crippen MR) is 187 cm³/mol. The van der Waals surface area contributed by atoms with Gasteiger partial charge >= 0.3 is 0 Å². The van der Waals surface area contributed by atoms with Gasteiger partial charge in [-0.05, 0) is 80.0 Å². The van der Waals surface area contributed by atoms with Gasteiger partial charge in [0.1, 0.15) is 0 Å². The molecule has 210 valence electrons. The Morgan fingerprint density at radius 3 is 1.95 bits per heavy atom. The molecule has 0 unspecified atom stereocenters. The third-order valence-corrected chi connectivity index (χ3v) is 7.69. The summed E-state index contributed by atoms with van der Waals surface area (Å²) in [7, 11) is 0. The number of hydrogen-bond donors (Lipinski definition) is 0. The van der Waals surface area contributed by atoms with Crippen molar-refractivity contribution in [3.05, 3.63) is 174 Å². The molecule has 8 rings (SSSR count). The molecular weight excluding hydrogens is 530 g/mol. The molecule has 0 aromatic heterocycles. The lowest BCUT2D eigenvalue weighted by molar-refractivity contribution is 0.645. The van der Waals surface area contributed by atoms with Crippen LogP contribution in [0.2, 0.25) is 0 Å². The maximum absolute atomic E-state index is 9.53. The summed E-state index contributed by atoms with van der Waals surface area (Å²) in [5.74, 6) is 0. The molecule has 0 N–H and O–H groups in total. The van der Waals surface area contributed by atoms with E-state index in [-0.39, 0.29) is 79.7 Å². The molecule has 0 atom stereocenters. The SMILES string of the molecule is [2H]c1cc([2H])c2c(c1)-c1c(N(c3cc([2H])c(-c4c([2H])c([2H])c([2H])c([2H])c4[2H])c([2H])c3)c3c([2H])cc(-c4c([2H])c([2H])c([2H])c([2H])c4[2H])c([2H])c3[2H])cc([2H])c3c([2H])c([2H])c([2H])c(c13)C2(C)C. The smallest absolute Gasteiger partial charge is 0.0645 e. The zero-order chi connectivity index (χ0) is 47.9. The molecule has 1 heteroatoms. The number of anilines is 3. The lowest BCUT2D eigenvalue weighted by atomic mass is 9.68. The number of fused-ring (bicyclic) bond motifs is 2. The summed E-state index contributed by atoms with van der Waals surface area (Å²) in [4.78, 5) is 1.15. The van der Waals surface area contributed by atoms with Gasteiger partial charge in [0.25, 0.3) is 0 Å². The molecule has 0 amide bonds. The van der Waals surface area contributed by atoms with Crippen LogP contribution in [0, 0.1) is 0 Å². The van der Waals surface area contributed by atoms with Gasteiger partial charge in [-0.3, -0.25) is 0 Å². The van der Waals surface area contributed by atoms with Gasteiger partial charge in [-0.15, -0.1) is 0 Å². The standard InChI is InChI=1S/C43H33N/c1-43(2)38-18-10-9-17-37(38)42-40(29-24-34-16-11-19-39(43)41(34)42)44(35-25-20-32(21-26-35)30-12-5-3-6-13-30)36-27-22-33(23-28-36)31-14-7-4-8-15-31/h3-29H,1-2H3/i3D,4D,5D,6D,7D,8D,9D,11D,12D,13D,14D,15D,16D,18D,19D,20D,21D,22D,24D,27D,28D. The average Bonchev–Trinajstić information content (AvgIpc) is 3.23. The molecule has 44 heavy (non-hydrogen) atoms. The second-order valence-electron chi connectivity index (χ2n) is 10.6. The first-order chi connectivity index (χ1) is 30.3. The summed E-state index contributed by atoms with van der Waals surface area (Å²) in [5.41, 5.74) is -3.05. The van der Waals surface area contributed by atoms with E-state index in [1.165, 1.54) is 18.2 Å². The normalized spacial score (nSPS) is 19.6. The van der Waals surface area contributed by atoms with Crippen LogP contribution in [0.3, 0.4) is 0 Å². The monoisotopic (exact) mass is 584 g/mol. The van der Waals surface area contributed by atoms with E-state index in [0.717, 1.165) is 23.1 Å². The molecule has 7 aromatic carbocycles. The third-order valence-electron chi connectivity index (χ3n) is 7.69. The zero-order valence-corrected chi connectivity index (χ0v) is 23.4. The highest BCUT2D eigenvalue weighted by molar-refractivity contribution is 6.10. The highest BCUT2D eigenvalue weighted by Crippen LogP contribution is 2.53. The molecule has 1 aliphatic rings. The molecule has 0 spiro atoms. The van der Waals surface area contributed by atoms with E-state index in [9.17, 15) is 9.60 Å². The van der Waals surface area contributed by atoms with E-state index < -0.39 is 125 Å². The Labute approximate surface area is 289 Å².